The highest BCUT2D eigenvalue weighted by atomic mass is 16.5. The highest BCUT2D eigenvalue weighted by molar-refractivity contribution is 5.93. The first-order valence-electron chi connectivity index (χ1n) is 15.0. The number of nitrogens with one attached hydrogen (secondary N) is 2. The van der Waals surface area contributed by atoms with Crippen molar-refractivity contribution in [2.24, 2.45) is 14.1 Å². The summed E-state index contributed by atoms with van der Waals surface area (Å²) in [5, 5.41) is 10.3. The third-order valence-corrected chi connectivity index (χ3v) is 8.95. The Morgan fingerprint density at radius 3 is 1.54 bits per heavy atom. The van der Waals surface area contributed by atoms with Crippen molar-refractivity contribution in [2.45, 2.75) is 65.2 Å². The molecule has 2 aromatic carbocycles. The summed E-state index contributed by atoms with van der Waals surface area (Å²) in [6.07, 6.45) is 9.77. The fourth-order valence-electron chi connectivity index (χ4n) is 6.96. The number of aromatic nitrogens is 2. The van der Waals surface area contributed by atoms with Gasteiger partial charge in [-0.25, -0.2) is 0 Å². The molecule has 0 radical (unpaired) electrons. The maximum atomic E-state index is 6.15. The number of benzene rings is 2. The molecule has 2 N–H and O–H groups in total. The Morgan fingerprint density at radius 1 is 0.641 bits per heavy atom. The molecule has 2 aliphatic carbocycles. The van der Waals surface area contributed by atoms with Crippen LogP contribution < -0.4 is 19.8 Å². The molecule has 0 fully saturated rings. The molecule has 6 rings (SSSR count). The molecule has 204 valence electrons. The Kier molecular flexibility index (Phi) is 7.44. The van der Waals surface area contributed by atoms with Gasteiger partial charge in [0, 0.05) is 49.2 Å². The Bertz CT molecular complexity index is 1430. The van der Waals surface area contributed by atoms with Crippen LogP contribution in [0.4, 0.5) is 11.4 Å². The van der Waals surface area contributed by atoms with Crippen molar-refractivity contribution in [3.05, 3.63) is 70.0 Å². The standard InChI is InChI=1S/C34H42N4O/c1-23-13-15-31-27(21-23)33(25-9-5-7-11-29(25)37(31)3)35-17-19-39-20-18-36-34-26-10-6-8-12-30(26)38(4)32-16-14-24(2)22-28(32)34/h13-16,21-22H,5-12,17-20H2,1-4H3/p+2. The predicted molar refractivity (Wildman–Crippen MR) is 161 cm³/mol. The van der Waals surface area contributed by atoms with Gasteiger partial charge in [0.1, 0.15) is 14.1 Å². The van der Waals surface area contributed by atoms with E-state index in [1.165, 1.54) is 105 Å². The fourth-order valence-corrected chi connectivity index (χ4v) is 6.96. The first-order chi connectivity index (χ1) is 19.0. The number of rotatable bonds is 8. The van der Waals surface area contributed by atoms with Gasteiger partial charge < -0.3 is 15.4 Å². The highest BCUT2D eigenvalue weighted by Crippen LogP contribution is 2.34. The molecule has 2 aliphatic rings. The number of ether oxygens (including phenoxy) is 1. The molecule has 0 bridgehead atoms. The van der Waals surface area contributed by atoms with Gasteiger partial charge in [-0.2, -0.15) is 9.13 Å². The van der Waals surface area contributed by atoms with Crippen molar-refractivity contribution in [2.75, 3.05) is 36.9 Å². The smallest absolute Gasteiger partial charge is 0.214 e. The second-order valence-electron chi connectivity index (χ2n) is 11.6. The Balaban J connectivity index is 1.12. The second kappa shape index (κ2) is 11.1. The van der Waals surface area contributed by atoms with Crippen LogP contribution in [0.25, 0.3) is 21.8 Å². The highest BCUT2D eigenvalue weighted by Gasteiger charge is 2.27. The minimum absolute atomic E-state index is 0.701. The van der Waals surface area contributed by atoms with E-state index < -0.39 is 0 Å². The van der Waals surface area contributed by atoms with Crippen LogP contribution in [-0.4, -0.2) is 26.3 Å². The number of hydrogen-bond acceptors (Lipinski definition) is 3. The van der Waals surface area contributed by atoms with Gasteiger partial charge >= 0.3 is 0 Å². The van der Waals surface area contributed by atoms with E-state index in [1.807, 2.05) is 0 Å². The van der Waals surface area contributed by atoms with Crippen LogP contribution in [0.2, 0.25) is 0 Å². The summed E-state index contributed by atoms with van der Waals surface area (Å²) in [7, 11) is 4.46. The Labute approximate surface area is 233 Å². The van der Waals surface area contributed by atoms with Gasteiger partial charge in [0.15, 0.2) is 11.4 Å². The van der Waals surface area contributed by atoms with Crippen LogP contribution in [0.3, 0.4) is 0 Å². The van der Waals surface area contributed by atoms with E-state index in [0.29, 0.717) is 13.2 Å². The zero-order valence-corrected chi connectivity index (χ0v) is 24.3. The molecule has 4 aromatic rings. The quantitative estimate of drug-likeness (QED) is 0.234. The molecule has 2 heterocycles. The molecule has 0 unspecified atom stereocenters. The lowest BCUT2D eigenvalue weighted by atomic mass is 9.91. The maximum absolute atomic E-state index is 6.15. The minimum Gasteiger partial charge on any atom is -0.382 e. The number of aryl methyl sites for hydroxylation is 4. The molecule has 5 nitrogen and oxygen atoms in total. The van der Waals surface area contributed by atoms with Crippen LogP contribution in [0.15, 0.2) is 36.4 Å². The molecular formula is C34H44N4O+2. The number of hydrogen-bond donors (Lipinski definition) is 2. The average molecular weight is 525 g/mol. The maximum Gasteiger partial charge on any atom is 0.214 e. The van der Waals surface area contributed by atoms with Crippen molar-refractivity contribution in [3.63, 3.8) is 0 Å². The third-order valence-electron chi connectivity index (χ3n) is 8.95. The lowest BCUT2D eigenvalue weighted by molar-refractivity contribution is -0.653. The SMILES string of the molecule is Cc1ccc2c(c1)c(NCCOCCNc1c3c([n+](C)c4ccc(C)cc14)CCCC3)c1c([n+]2C)CCCC1. The molecule has 5 heteroatoms. The first kappa shape index (κ1) is 26.1. The molecular weight excluding hydrogens is 480 g/mol. The van der Waals surface area contributed by atoms with Crippen LogP contribution in [0.1, 0.15) is 59.3 Å². The predicted octanol–water partition coefficient (Wildman–Crippen LogP) is 5.56. The van der Waals surface area contributed by atoms with Crippen molar-refractivity contribution in [3.8, 4) is 0 Å². The summed E-state index contributed by atoms with van der Waals surface area (Å²) in [5.41, 5.74) is 13.9. The average Bonchev–Trinajstić information content (AvgIpc) is 2.95. The van der Waals surface area contributed by atoms with Gasteiger partial charge in [0.25, 0.3) is 0 Å². The molecule has 0 atom stereocenters. The van der Waals surface area contributed by atoms with Crippen LogP contribution >= 0.6 is 0 Å². The van der Waals surface area contributed by atoms with Crippen LogP contribution in [0, 0.1) is 13.8 Å². The van der Waals surface area contributed by atoms with E-state index in [-0.39, 0.29) is 0 Å². The summed E-state index contributed by atoms with van der Waals surface area (Å²) in [4.78, 5) is 0. The van der Waals surface area contributed by atoms with E-state index in [0.717, 1.165) is 25.9 Å². The molecule has 0 amide bonds. The normalized spacial score (nSPS) is 14.9. The molecule has 0 saturated carbocycles. The summed E-state index contributed by atoms with van der Waals surface area (Å²) in [6, 6.07) is 13.7. The van der Waals surface area contributed by atoms with Crippen LogP contribution in [-0.2, 0) is 44.5 Å². The van der Waals surface area contributed by atoms with Gasteiger partial charge in [-0.05, 0) is 75.6 Å². The Hall–Kier alpha value is -3.18. The zero-order chi connectivity index (χ0) is 26.9. The molecule has 2 aromatic heterocycles. The van der Waals surface area contributed by atoms with Crippen LogP contribution in [0.5, 0.6) is 0 Å². The third kappa shape index (κ3) is 4.98. The number of anilines is 2. The van der Waals surface area contributed by atoms with Crippen molar-refractivity contribution >= 4 is 33.2 Å². The lowest BCUT2D eigenvalue weighted by Gasteiger charge is -2.21. The van der Waals surface area contributed by atoms with E-state index in [9.17, 15) is 0 Å². The summed E-state index contributed by atoms with van der Waals surface area (Å²) in [6.45, 7) is 7.42. The van der Waals surface area contributed by atoms with Gasteiger partial charge in [0.05, 0.1) is 35.4 Å². The van der Waals surface area contributed by atoms with E-state index in [4.69, 9.17) is 4.74 Å². The topological polar surface area (TPSA) is 41.1 Å². The molecule has 0 spiro atoms. The number of nitrogens with zero attached hydrogens (tertiary/aromatic N) is 2. The summed E-state index contributed by atoms with van der Waals surface area (Å²) in [5.74, 6) is 0. The zero-order valence-electron chi connectivity index (χ0n) is 24.3. The van der Waals surface area contributed by atoms with Gasteiger partial charge in [-0.3, -0.25) is 0 Å². The van der Waals surface area contributed by atoms with Crippen molar-refractivity contribution in [1.29, 1.82) is 0 Å². The van der Waals surface area contributed by atoms with E-state index >= 15 is 0 Å². The van der Waals surface area contributed by atoms with Crippen molar-refractivity contribution in [1.82, 2.24) is 0 Å². The molecule has 0 aliphatic heterocycles. The minimum atomic E-state index is 0.701. The van der Waals surface area contributed by atoms with Gasteiger partial charge in [-0.1, -0.05) is 12.1 Å². The van der Waals surface area contributed by atoms with Gasteiger partial charge in [-0.15, -0.1) is 0 Å². The fraction of sp³-hybridized carbons (Fsp3) is 0.471. The largest absolute Gasteiger partial charge is 0.382 e. The first-order valence-corrected chi connectivity index (χ1v) is 15.0. The number of fused-ring (bicyclic) bond motifs is 4. The number of pyridine rings is 2. The van der Waals surface area contributed by atoms with Crippen molar-refractivity contribution < 1.29 is 13.9 Å². The van der Waals surface area contributed by atoms with E-state index in [2.05, 4.69) is 84.1 Å². The van der Waals surface area contributed by atoms with Gasteiger partial charge in [0.2, 0.25) is 11.0 Å². The summed E-state index contributed by atoms with van der Waals surface area (Å²) >= 11 is 0. The monoisotopic (exact) mass is 524 g/mol. The molecule has 0 saturated heterocycles. The second-order valence-corrected chi connectivity index (χ2v) is 11.6. The lowest BCUT2D eigenvalue weighted by Crippen LogP contribution is -2.38. The van der Waals surface area contributed by atoms with E-state index in [1.54, 1.807) is 0 Å². The summed E-state index contributed by atoms with van der Waals surface area (Å²) < 4.78 is 11.0. The Morgan fingerprint density at radius 2 is 1.08 bits per heavy atom. The molecule has 39 heavy (non-hydrogen) atoms.